The first-order valence-electron chi connectivity index (χ1n) is 11.6. The normalized spacial score (nSPS) is 11.2. The van der Waals surface area contributed by atoms with Gasteiger partial charge < -0.3 is 25.4 Å². The first-order chi connectivity index (χ1) is 18.9. The van der Waals surface area contributed by atoms with Crippen LogP contribution in [-0.2, 0) is 0 Å². The van der Waals surface area contributed by atoms with E-state index in [2.05, 4.69) is 53.1 Å². The van der Waals surface area contributed by atoms with Gasteiger partial charge in [-0.2, -0.15) is 0 Å². The number of furan rings is 1. The third-order valence-electron chi connectivity index (χ3n) is 6.81. The van der Waals surface area contributed by atoms with Crippen LogP contribution in [0.4, 0.5) is 0 Å². The number of fused-ring (bicyclic) bond motifs is 6. The second-order valence-electron chi connectivity index (χ2n) is 8.83. The molecule has 0 aliphatic carbocycles. The molecule has 9 heteroatoms. The highest BCUT2D eigenvalue weighted by molar-refractivity contribution is 7.49. The first kappa shape index (κ1) is 25.2. The molecule has 0 radical (unpaired) electrons. The average Bonchev–Trinajstić information content (AvgIpc) is 3.48. The number of benzene rings is 5. The SMILES string of the molecule is OB(O)c1cc(-n2c3ccccc3c3ccccc32)cc2c1oc1ccc(-c3ccccc3)cc12.[BH3-]B([BH3-])[BH3-]. The smallest absolute Gasteiger partial charge is 0.456 e. The van der Waals surface area contributed by atoms with Gasteiger partial charge in [0.1, 0.15) is 11.2 Å². The summed E-state index contributed by atoms with van der Waals surface area (Å²) in [4.78, 5) is 0. The maximum absolute atomic E-state index is 10.3. The molecule has 7 rings (SSSR count). The van der Waals surface area contributed by atoms with Gasteiger partial charge in [-0.3, -0.25) is 0 Å². The maximum atomic E-state index is 10.3. The Labute approximate surface area is 230 Å². The third kappa shape index (κ3) is 4.58. The van der Waals surface area contributed by atoms with Crippen molar-refractivity contribution >= 4 is 85.9 Å². The van der Waals surface area contributed by atoms with E-state index in [1.807, 2.05) is 60.7 Å². The van der Waals surface area contributed by atoms with Crippen LogP contribution in [0.1, 0.15) is 0 Å². The van der Waals surface area contributed by atoms with Crippen LogP contribution in [0.5, 0.6) is 0 Å². The lowest BCUT2D eigenvalue weighted by Gasteiger charge is -2.11. The summed E-state index contributed by atoms with van der Waals surface area (Å²) in [5.74, 6) is 0. The largest absolute Gasteiger partial charge is 0.492 e. The summed E-state index contributed by atoms with van der Waals surface area (Å²) in [7, 11) is 1.08. The minimum Gasteiger partial charge on any atom is -0.456 e. The van der Waals surface area contributed by atoms with Crippen LogP contribution < -0.4 is 5.46 Å². The van der Waals surface area contributed by atoms with Gasteiger partial charge in [0.15, 0.2) is 0 Å². The Morgan fingerprint density at radius 3 is 1.79 bits per heavy atom. The predicted molar refractivity (Wildman–Crippen MR) is 179 cm³/mol. The topological polar surface area (TPSA) is 58.5 Å². The van der Waals surface area contributed by atoms with E-state index in [-0.39, 0.29) is 0 Å². The Hall–Kier alpha value is -4.06. The fourth-order valence-electron chi connectivity index (χ4n) is 5.22. The molecule has 2 heterocycles. The van der Waals surface area contributed by atoms with Crippen LogP contribution in [-0.4, -0.2) is 51.3 Å². The lowest BCUT2D eigenvalue weighted by molar-refractivity contribution is 0.425. The van der Waals surface area contributed by atoms with E-state index >= 15 is 0 Å². The summed E-state index contributed by atoms with van der Waals surface area (Å²) in [6.07, 6.45) is 1.58. The molecule has 0 atom stereocenters. The van der Waals surface area contributed by atoms with E-state index in [9.17, 15) is 10.0 Å². The average molecular weight is 506 g/mol. The summed E-state index contributed by atoms with van der Waals surface area (Å²) < 4.78 is 8.33. The second-order valence-corrected chi connectivity index (χ2v) is 8.83. The maximum Gasteiger partial charge on any atom is 0.492 e. The highest BCUT2D eigenvalue weighted by atomic mass is 16.4. The highest BCUT2D eigenvalue weighted by Crippen LogP contribution is 2.36. The molecule has 39 heavy (non-hydrogen) atoms. The van der Waals surface area contributed by atoms with Gasteiger partial charge in [-0.15, -0.1) is 23.2 Å². The van der Waals surface area contributed by atoms with Gasteiger partial charge in [0.25, 0.3) is 0 Å². The monoisotopic (exact) mass is 506 g/mol. The van der Waals surface area contributed by atoms with Crippen LogP contribution in [0.2, 0.25) is 0 Å². The molecule has 0 saturated carbocycles. The van der Waals surface area contributed by atoms with Crippen molar-refractivity contribution in [2.24, 2.45) is 0 Å². The highest BCUT2D eigenvalue weighted by Gasteiger charge is 2.23. The van der Waals surface area contributed by atoms with Crippen molar-refractivity contribution in [1.82, 2.24) is 4.57 Å². The van der Waals surface area contributed by atoms with Gasteiger partial charge in [0.2, 0.25) is 0 Å². The molecule has 0 aliphatic heterocycles. The molecule has 0 unspecified atom stereocenters. The minimum atomic E-state index is -1.67. The third-order valence-corrected chi connectivity index (χ3v) is 6.81. The van der Waals surface area contributed by atoms with Gasteiger partial charge in [0, 0.05) is 32.7 Å². The van der Waals surface area contributed by atoms with E-state index in [1.54, 1.807) is 6.39 Å². The van der Waals surface area contributed by atoms with Crippen molar-refractivity contribution in [2.45, 2.75) is 0 Å². The van der Waals surface area contributed by atoms with Gasteiger partial charge in [-0.25, -0.2) is 0 Å². The summed E-state index contributed by atoms with van der Waals surface area (Å²) in [5, 5.41) is 24.7. The molecule has 2 N–H and O–H groups in total. The van der Waals surface area contributed by atoms with Gasteiger partial charge in [-0.05, 0) is 47.5 Å². The standard InChI is InChI=1S/C30H20BNO3.B4H9/c33-31(34)26-18-21(32-27-12-6-4-10-22(27)23-11-5-7-13-28(23)32)17-25-24-16-20(19-8-2-1-3-9-19)14-15-29(24)35-30(25)26;1-4(2)3/h1-18,33-34H;1-3H3/q;-3. The Morgan fingerprint density at radius 2 is 1.18 bits per heavy atom. The van der Waals surface area contributed by atoms with Gasteiger partial charge in [-0.1, -0.05) is 72.8 Å². The second kappa shape index (κ2) is 10.3. The number of aromatic nitrogens is 1. The molecule has 2 aromatic heterocycles. The van der Waals surface area contributed by atoms with Crippen molar-refractivity contribution < 1.29 is 14.5 Å². The lowest BCUT2D eigenvalue weighted by Crippen LogP contribution is -2.30. The van der Waals surface area contributed by atoms with Crippen LogP contribution in [0.25, 0.3) is 60.6 Å². The van der Waals surface area contributed by atoms with E-state index in [1.165, 1.54) is 0 Å². The molecule has 0 fully saturated rings. The molecule has 7 aromatic rings. The van der Waals surface area contributed by atoms with Crippen molar-refractivity contribution in [3.05, 3.63) is 109 Å². The summed E-state index contributed by atoms with van der Waals surface area (Å²) >= 11 is 0. The van der Waals surface area contributed by atoms with E-state index < -0.39 is 7.12 Å². The summed E-state index contributed by atoms with van der Waals surface area (Å²) in [5.41, 5.74) is 6.71. The molecule has 0 bridgehead atoms. The fourth-order valence-corrected chi connectivity index (χ4v) is 5.22. The van der Waals surface area contributed by atoms with Crippen molar-refractivity contribution in [3.63, 3.8) is 0 Å². The number of rotatable bonds is 3. The fraction of sp³-hybridized carbons (Fsp3) is 0. The van der Waals surface area contributed by atoms with Gasteiger partial charge in [0.05, 0.1) is 11.0 Å². The zero-order valence-electron chi connectivity index (χ0n) is 19.3. The molecule has 0 amide bonds. The Morgan fingerprint density at radius 1 is 0.590 bits per heavy atom. The summed E-state index contributed by atoms with van der Waals surface area (Å²) in [6, 6.07) is 36.7. The van der Waals surface area contributed by atoms with Crippen LogP contribution in [0, 0.1) is 0 Å². The molecule has 0 spiro atoms. The Kier molecular flexibility index (Phi) is 6.63. The van der Waals surface area contributed by atoms with E-state index in [4.69, 9.17) is 4.42 Å². The van der Waals surface area contributed by atoms with E-state index in [0.717, 1.165) is 72.6 Å². The molecule has 0 saturated heterocycles. The molecule has 0 aliphatic rings. The number of hydrogen-bond donors (Lipinski definition) is 2. The van der Waals surface area contributed by atoms with Crippen molar-refractivity contribution in [2.75, 3.05) is 0 Å². The molecular formula is C30H29B5NO3-3. The first-order valence-corrected chi connectivity index (χ1v) is 11.6. The zero-order chi connectivity index (χ0) is 27.1. The molecule has 4 nitrogen and oxygen atoms in total. The minimum absolute atomic E-state index is 0.344. The van der Waals surface area contributed by atoms with Crippen molar-refractivity contribution in [1.29, 1.82) is 0 Å². The molecular weight excluding hydrogens is 476 g/mol. The number of nitrogens with zero attached hydrogens (tertiary/aromatic N) is 1. The van der Waals surface area contributed by atoms with E-state index in [0.29, 0.717) is 16.6 Å². The van der Waals surface area contributed by atoms with Crippen LogP contribution in [0.15, 0.2) is 114 Å². The van der Waals surface area contributed by atoms with Crippen molar-refractivity contribution in [3.8, 4) is 16.8 Å². The lowest BCUT2D eigenvalue weighted by atomic mass is 9.08. The van der Waals surface area contributed by atoms with Gasteiger partial charge >= 0.3 is 7.12 Å². The molecule has 5 aromatic carbocycles. The number of hydrogen-bond acceptors (Lipinski definition) is 3. The Bertz CT molecular complexity index is 1890. The number of para-hydroxylation sites is 2. The van der Waals surface area contributed by atoms with Crippen LogP contribution >= 0.6 is 0 Å². The molecule has 190 valence electrons. The predicted octanol–water partition coefficient (Wildman–Crippen LogP) is 2.10. The zero-order valence-corrected chi connectivity index (χ0v) is 19.3. The Balaban J connectivity index is 0.000000650. The quantitative estimate of drug-likeness (QED) is 0.362. The summed E-state index contributed by atoms with van der Waals surface area (Å²) in [6.45, 7) is 0. The van der Waals surface area contributed by atoms with Crippen LogP contribution in [0.3, 0.4) is 0 Å².